The summed E-state index contributed by atoms with van der Waals surface area (Å²) in [5.41, 5.74) is 1.70. The zero-order valence-corrected chi connectivity index (χ0v) is 18.4. The molecule has 2 aliphatic heterocycles. The van der Waals surface area contributed by atoms with Crippen LogP contribution in [-0.4, -0.2) is 27.9 Å². The Bertz CT molecular complexity index is 1200. The molecule has 1 amide bonds. The number of ether oxygens (including phenoxy) is 1. The third kappa shape index (κ3) is 4.02. The fourth-order valence-electron chi connectivity index (χ4n) is 4.99. The molecule has 1 aromatic heterocycles. The molecular formula is C24H21ClF3N3O2. The number of hydrogen-bond acceptors (Lipinski definition) is 3. The Morgan fingerprint density at radius 2 is 1.85 bits per heavy atom. The quantitative estimate of drug-likeness (QED) is 0.530. The highest BCUT2D eigenvalue weighted by Gasteiger charge is 2.54. The van der Waals surface area contributed by atoms with Crippen LogP contribution in [0, 0.1) is 5.92 Å². The molecule has 2 fully saturated rings. The van der Waals surface area contributed by atoms with Crippen LogP contribution in [0.1, 0.15) is 30.1 Å². The second-order valence-electron chi connectivity index (χ2n) is 8.47. The van der Waals surface area contributed by atoms with Gasteiger partial charge in [0.2, 0.25) is 5.91 Å². The van der Waals surface area contributed by atoms with Crippen molar-refractivity contribution in [3.63, 3.8) is 0 Å². The number of alkyl halides is 3. The number of halogens is 4. The van der Waals surface area contributed by atoms with Crippen LogP contribution in [-0.2, 0) is 22.8 Å². The molecule has 3 aromatic rings. The first kappa shape index (κ1) is 22.0. The van der Waals surface area contributed by atoms with E-state index in [1.165, 1.54) is 11.7 Å². The van der Waals surface area contributed by atoms with Crippen LogP contribution in [0.4, 0.5) is 18.9 Å². The highest BCUT2D eigenvalue weighted by atomic mass is 35.5. The number of aromatic nitrogens is 2. The van der Waals surface area contributed by atoms with E-state index >= 15 is 0 Å². The minimum atomic E-state index is -4.55. The number of fused-ring (bicyclic) bond motifs is 2. The minimum absolute atomic E-state index is 0.300. The average molecular weight is 476 g/mol. The standard InChI is InChI=1S/C24H21ClF3N3O2/c1-31-17(12-20(30-31)24(26,27)28)21-18-9-10-19(33-18)22(21)23(32)29-14-7-8-15(16(25)11-14)13-5-3-2-4-6-13/h2-8,11-12,18-19,21-22H,9-10H2,1H3,(H,29,32). The van der Waals surface area contributed by atoms with Crippen molar-refractivity contribution in [2.45, 2.75) is 37.1 Å². The molecule has 2 aliphatic rings. The summed E-state index contributed by atoms with van der Waals surface area (Å²) in [6.45, 7) is 0. The zero-order chi connectivity index (χ0) is 23.3. The molecular weight excluding hydrogens is 455 g/mol. The van der Waals surface area contributed by atoms with Crippen molar-refractivity contribution in [1.29, 1.82) is 0 Å². The van der Waals surface area contributed by atoms with Gasteiger partial charge in [0, 0.05) is 29.9 Å². The van der Waals surface area contributed by atoms with Gasteiger partial charge in [-0.2, -0.15) is 18.3 Å². The van der Waals surface area contributed by atoms with Crippen LogP contribution in [0.3, 0.4) is 0 Å². The van der Waals surface area contributed by atoms with Gasteiger partial charge in [-0.3, -0.25) is 9.48 Å². The first-order valence-corrected chi connectivity index (χ1v) is 11.0. The minimum Gasteiger partial charge on any atom is -0.373 e. The molecule has 9 heteroatoms. The van der Waals surface area contributed by atoms with E-state index in [0.29, 0.717) is 29.2 Å². The number of carbonyl (C=O) groups excluding carboxylic acids is 1. The number of nitrogens with zero attached hydrogens (tertiary/aromatic N) is 2. The molecule has 5 rings (SSSR count). The topological polar surface area (TPSA) is 56.2 Å². The lowest BCUT2D eigenvalue weighted by Crippen LogP contribution is -2.36. The van der Waals surface area contributed by atoms with Gasteiger partial charge in [0.1, 0.15) is 0 Å². The number of hydrogen-bond donors (Lipinski definition) is 1. The Balaban J connectivity index is 1.40. The summed E-state index contributed by atoms with van der Waals surface area (Å²) >= 11 is 6.47. The Labute approximate surface area is 193 Å². The van der Waals surface area contributed by atoms with Gasteiger partial charge in [0.25, 0.3) is 0 Å². The SMILES string of the molecule is Cn1nc(C(F)(F)F)cc1C1C2CCC(O2)C1C(=O)Nc1ccc(-c2ccccc2)c(Cl)c1. The Morgan fingerprint density at radius 1 is 1.12 bits per heavy atom. The molecule has 0 aliphatic carbocycles. The number of aryl methyl sites for hydroxylation is 1. The van der Waals surface area contributed by atoms with Gasteiger partial charge < -0.3 is 10.1 Å². The first-order valence-electron chi connectivity index (χ1n) is 10.6. The Morgan fingerprint density at radius 3 is 2.52 bits per heavy atom. The molecule has 0 radical (unpaired) electrons. The van der Waals surface area contributed by atoms with Crippen molar-refractivity contribution >= 4 is 23.2 Å². The second kappa shape index (κ2) is 8.18. The fourth-order valence-corrected chi connectivity index (χ4v) is 5.28. The molecule has 2 aromatic carbocycles. The van der Waals surface area contributed by atoms with Gasteiger partial charge in [-0.1, -0.05) is 48.0 Å². The number of benzene rings is 2. The molecule has 4 unspecified atom stereocenters. The first-order chi connectivity index (χ1) is 15.7. The van der Waals surface area contributed by atoms with E-state index in [9.17, 15) is 18.0 Å². The third-order valence-corrected chi connectivity index (χ3v) is 6.76. The van der Waals surface area contributed by atoms with Gasteiger partial charge >= 0.3 is 6.18 Å². The second-order valence-corrected chi connectivity index (χ2v) is 8.87. The maximum Gasteiger partial charge on any atom is 0.435 e. The van der Waals surface area contributed by atoms with Gasteiger partial charge in [-0.25, -0.2) is 0 Å². The summed E-state index contributed by atoms with van der Waals surface area (Å²) in [5.74, 6) is -1.42. The van der Waals surface area contributed by atoms with Crippen LogP contribution in [0.15, 0.2) is 54.6 Å². The summed E-state index contributed by atoms with van der Waals surface area (Å²) in [6.07, 6.45) is -3.82. The van der Waals surface area contributed by atoms with Gasteiger partial charge in [-0.05, 0) is 36.6 Å². The molecule has 2 bridgehead atoms. The van der Waals surface area contributed by atoms with Gasteiger partial charge in [-0.15, -0.1) is 0 Å². The molecule has 1 N–H and O–H groups in total. The predicted octanol–water partition coefficient (Wildman–Crippen LogP) is 5.66. The van der Waals surface area contributed by atoms with E-state index < -0.39 is 23.7 Å². The number of amides is 1. The lowest BCUT2D eigenvalue weighted by Gasteiger charge is -2.27. The third-order valence-electron chi connectivity index (χ3n) is 6.45. The monoisotopic (exact) mass is 475 g/mol. The molecule has 2 saturated heterocycles. The van der Waals surface area contributed by atoms with Crippen molar-refractivity contribution in [3.8, 4) is 11.1 Å². The van der Waals surface area contributed by atoms with Crippen LogP contribution in [0.5, 0.6) is 0 Å². The zero-order valence-electron chi connectivity index (χ0n) is 17.6. The van der Waals surface area contributed by atoms with E-state index in [0.717, 1.165) is 17.2 Å². The van der Waals surface area contributed by atoms with Crippen LogP contribution in [0.25, 0.3) is 11.1 Å². The molecule has 0 spiro atoms. The van der Waals surface area contributed by atoms with Gasteiger partial charge in [0.15, 0.2) is 5.69 Å². The van der Waals surface area contributed by atoms with Crippen molar-refractivity contribution < 1.29 is 22.7 Å². The Hall–Kier alpha value is -2.84. The van der Waals surface area contributed by atoms with Crippen LogP contribution >= 0.6 is 11.6 Å². The van der Waals surface area contributed by atoms with E-state index in [2.05, 4.69) is 10.4 Å². The lowest BCUT2D eigenvalue weighted by molar-refractivity contribution is -0.141. The highest BCUT2D eigenvalue weighted by Crippen LogP contribution is 2.49. The van der Waals surface area contributed by atoms with Crippen molar-refractivity contribution in [2.24, 2.45) is 13.0 Å². The van der Waals surface area contributed by atoms with Gasteiger partial charge in [0.05, 0.1) is 23.1 Å². The number of anilines is 1. The predicted molar refractivity (Wildman–Crippen MR) is 118 cm³/mol. The van der Waals surface area contributed by atoms with E-state index in [1.54, 1.807) is 12.1 Å². The maximum absolute atomic E-state index is 13.3. The maximum atomic E-state index is 13.3. The lowest BCUT2D eigenvalue weighted by atomic mass is 9.76. The summed E-state index contributed by atoms with van der Waals surface area (Å²) < 4.78 is 46.7. The van der Waals surface area contributed by atoms with Crippen molar-refractivity contribution in [3.05, 3.63) is 71.0 Å². The van der Waals surface area contributed by atoms with E-state index in [-0.39, 0.29) is 18.1 Å². The largest absolute Gasteiger partial charge is 0.435 e. The molecule has 4 atom stereocenters. The Kier molecular flexibility index (Phi) is 5.45. The molecule has 3 heterocycles. The van der Waals surface area contributed by atoms with E-state index in [4.69, 9.17) is 16.3 Å². The number of rotatable bonds is 4. The molecule has 172 valence electrons. The summed E-state index contributed by atoms with van der Waals surface area (Å²) in [5, 5.41) is 7.00. The molecule has 5 nitrogen and oxygen atoms in total. The number of carbonyl (C=O) groups is 1. The van der Waals surface area contributed by atoms with Crippen LogP contribution < -0.4 is 5.32 Å². The summed E-state index contributed by atoms with van der Waals surface area (Å²) in [4.78, 5) is 13.3. The smallest absolute Gasteiger partial charge is 0.373 e. The van der Waals surface area contributed by atoms with E-state index in [1.807, 2.05) is 36.4 Å². The molecule has 33 heavy (non-hydrogen) atoms. The van der Waals surface area contributed by atoms with Crippen LogP contribution in [0.2, 0.25) is 5.02 Å². The van der Waals surface area contributed by atoms with Crippen molar-refractivity contribution in [2.75, 3.05) is 5.32 Å². The number of nitrogens with one attached hydrogen (secondary N) is 1. The average Bonchev–Trinajstić information content (AvgIpc) is 3.48. The van der Waals surface area contributed by atoms with Crippen molar-refractivity contribution in [1.82, 2.24) is 9.78 Å². The highest BCUT2D eigenvalue weighted by molar-refractivity contribution is 6.33. The molecule has 0 saturated carbocycles. The fraction of sp³-hybridized carbons (Fsp3) is 0.333. The normalized spacial score (nSPS) is 24.3. The summed E-state index contributed by atoms with van der Waals surface area (Å²) in [7, 11) is 1.47. The summed E-state index contributed by atoms with van der Waals surface area (Å²) in [6, 6.07) is 15.9.